The van der Waals surface area contributed by atoms with Crippen LogP contribution in [0.25, 0.3) is 0 Å². The molecule has 2 heteroatoms. The van der Waals surface area contributed by atoms with Crippen LogP contribution in [-0.2, 0) is 4.74 Å². The van der Waals surface area contributed by atoms with E-state index in [1.165, 1.54) is 0 Å². The molecule has 1 atom stereocenters. The van der Waals surface area contributed by atoms with Gasteiger partial charge in [-0.1, -0.05) is 13.8 Å². The number of hydrogen-bond acceptors (Lipinski definition) is 2. The molecule has 0 amide bonds. The molecule has 0 spiro atoms. The second-order valence-corrected chi connectivity index (χ2v) is 3.86. The van der Waals surface area contributed by atoms with Crippen LogP contribution in [0.4, 0.5) is 0 Å². The van der Waals surface area contributed by atoms with E-state index in [0.29, 0.717) is 5.92 Å². The molecule has 1 unspecified atom stereocenters. The Labute approximate surface area is 69.3 Å². The molecule has 0 saturated carbocycles. The fourth-order valence-electron chi connectivity index (χ4n) is 1.38. The van der Waals surface area contributed by atoms with Gasteiger partial charge in [0, 0.05) is 18.7 Å². The molecular formula is C9H19NO. The maximum Gasteiger partial charge on any atom is 0.0591 e. The molecule has 0 radical (unpaired) electrons. The summed E-state index contributed by atoms with van der Waals surface area (Å²) in [5.74, 6) is 0.684. The molecule has 1 fully saturated rings. The monoisotopic (exact) mass is 157 g/mol. The van der Waals surface area contributed by atoms with E-state index >= 15 is 0 Å². The first kappa shape index (κ1) is 9.01. The van der Waals surface area contributed by atoms with E-state index in [4.69, 9.17) is 4.74 Å². The highest BCUT2D eigenvalue weighted by Gasteiger charge is 2.28. The van der Waals surface area contributed by atoms with Crippen molar-refractivity contribution in [2.75, 3.05) is 19.8 Å². The molecule has 1 aliphatic heterocycles. The van der Waals surface area contributed by atoms with Crippen molar-refractivity contribution < 1.29 is 4.74 Å². The minimum atomic E-state index is 0.288. The van der Waals surface area contributed by atoms with Crippen LogP contribution in [0, 0.1) is 5.92 Å². The van der Waals surface area contributed by atoms with Crippen LogP contribution in [0.15, 0.2) is 0 Å². The van der Waals surface area contributed by atoms with E-state index < -0.39 is 0 Å². The molecule has 0 aromatic rings. The molecule has 11 heavy (non-hydrogen) atoms. The van der Waals surface area contributed by atoms with Gasteiger partial charge in [0.2, 0.25) is 0 Å². The SMILES string of the molecule is CC(C)C1(C)CCOCCN1. The summed E-state index contributed by atoms with van der Waals surface area (Å²) in [6.45, 7) is 9.57. The van der Waals surface area contributed by atoms with Crippen molar-refractivity contribution in [3.05, 3.63) is 0 Å². The molecule has 1 N–H and O–H groups in total. The lowest BCUT2D eigenvalue weighted by molar-refractivity contribution is 0.141. The summed E-state index contributed by atoms with van der Waals surface area (Å²) < 4.78 is 5.38. The fraction of sp³-hybridized carbons (Fsp3) is 1.00. The van der Waals surface area contributed by atoms with Crippen LogP contribution in [0.1, 0.15) is 27.2 Å². The standard InChI is InChI=1S/C9H19NO/c1-8(2)9(3)4-6-11-7-5-10-9/h8,10H,4-7H2,1-3H3. The average molecular weight is 157 g/mol. The normalized spacial score (nSPS) is 33.8. The predicted molar refractivity (Wildman–Crippen MR) is 46.7 cm³/mol. The lowest BCUT2D eigenvalue weighted by atomic mass is 9.86. The van der Waals surface area contributed by atoms with E-state index in [1.807, 2.05) is 0 Å². The third-order valence-corrected chi connectivity index (χ3v) is 2.82. The minimum Gasteiger partial charge on any atom is -0.380 e. The number of hydrogen-bond donors (Lipinski definition) is 1. The van der Waals surface area contributed by atoms with E-state index in [9.17, 15) is 0 Å². The zero-order valence-electron chi connectivity index (χ0n) is 7.81. The summed E-state index contributed by atoms with van der Waals surface area (Å²) in [5.41, 5.74) is 0.288. The van der Waals surface area contributed by atoms with E-state index in [-0.39, 0.29) is 5.54 Å². The Morgan fingerprint density at radius 1 is 1.36 bits per heavy atom. The quantitative estimate of drug-likeness (QED) is 0.621. The second kappa shape index (κ2) is 3.55. The van der Waals surface area contributed by atoms with Crippen LogP contribution < -0.4 is 5.32 Å². The zero-order valence-corrected chi connectivity index (χ0v) is 7.81. The minimum absolute atomic E-state index is 0.288. The molecule has 0 aromatic carbocycles. The van der Waals surface area contributed by atoms with Gasteiger partial charge in [-0.05, 0) is 19.3 Å². The van der Waals surface area contributed by atoms with Crippen molar-refractivity contribution in [1.82, 2.24) is 5.32 Å². The van der Waals surface area contributed by atoms with Gasteiger partial charge in [-0.2, -0.15) is 0 Å². The summed E-state index contributed by atoms with van der Waals surface area (Å²) in [7, 11) is 0. The van der Waals surface area contributed by atoms with Gasteiger partial charge in [-0.15, -0.1) is 0 Å². The molecule has 1 rings (SSSR count). The highest BCUT2D eigenvalue weighted by atomic mass is 16.5. The summed E-state index contributed by atoms with van der Waals surface area (Å²) in [5, 5.41) is 3.53. The smallest absolute Gasteiger partial charge is 0.0591 e. The van der Waals surface area contributed by atoms with Gasteiger partial charge in [-0.3, -0.25) is 0 Å². The van der Waals surface area contributed by atoms with Gasteiger partial charge in [0.05, 0.1) is 6.61 Å². The van der Waals surface area contributed by atoms with Gasteiger partial charge < -0.3 is 10.1 Å². The molecule has 1 saturated heterocycles. The first-order valence-electron chi connectivity index (χ1n) is 4.48. The fourth-order valence-corrected chi connectivity index (χ4v) is 1.38. The number of ether oxygens (including phenoxy) is 1. The summed E-state index contributed by atoms with van der Waals surface area (Å²) in [6.07, 6.45) is 1.13. The largest absolute Gasteiger partial charge is 0.380 e. The number of rotatable bonds is 1. The maximum atomic E-state index is 5.38. The Kier molecular flexibility index (Phi) is 2.90. The Morgan fingerprint density at radius 2 is 2.09 bits per heavy atom. The first-order valence-corrected chi connectivity index (χ1v) is 4.48. The third kappa shape index (κ3) is 2.17. The van der Waals surface area contributed by atoms with Crippen LogP contribution in [0.5, 0.6) is 0 Å². The average Bonchev–Trinajstić information content (AvgIpc) is 2.15. The highest BCUT2D eigenvalue weighted by molar-refractivity contribution is 4.87. The molecular weight excluding hydrogens is 138 g/mol. The molecule has 1 heterocycles. The highest BCUT2D eigenvalue weighted by Crippen LogP contribution is 2.21. The van der Waals surface area contributed by atoms with Crippen molar-refractivity contribution in [3.8, 4) is 0 Å². The molecule has 0 bridgehead atoms. The summed E-state index contributed by atoms with van der Waals surface area (Å²) in [6, 6.07) is 0. The van der Waals surface area contributed by atoms with Crippen LogP contribution in [0.3, 0.4) is 0 Å². The van der Waals surface area contributed by atoms with Gasteiger partial charge >= 0.3 is 0 Å². The zero-order chi connectivity index (χ0) is 8.32. The summed E-state index contributed by atoms with van der Waals surface area (Å²) >= 11 is 0. The van der Waals surface area contributed by atoms with Crippen molar-refractivity contribution >= 4 is 0 Å². The Bertz CT molecular complexity index is 115. The van der Waals surface area contributed by atoms with Gasteiger partial charge in [-0.25, -0.2) is 0 Å². The lowest BCUT2D eigenvalue weighted by Gasteiger charge is -2.33. The number of nitrogens with one attached hydrogen (secondary N) is 1. The Hall–Kier alpha value is -0.0800. The molecule has 1 aliphatic rings. The first-order chi connectivity index (χ1) is 5.15. The van der Waals surface area contributed by atoms with E-state index in [0.717, 1.165) is 26.2 Å². The molecule has 0 aromatic heterocycles. The molecule has 66 valence electrons. The van der Waals surface area contributed by atoms with Gasteiger partial charge in [0.1, 0.15) is 0 Å². The lowest BCUT2D eigenvalue weighted by Crippen LogP contribution is -2.46. The van der Waals surface area contributed by atoms with E-state index in [2.05, 4.69) is 26.1 Å². The predicted octanol–water partition coefficient (Wildman–Crippen LogP) is 1.41. The maximum absolute atomic E-state index is 5.38. The topological polar surface area (TPSA) is 21.3 Å². The Morgan fingerprint density at radius 3 is 2.73 bits per heavy atom. The van der Waals surface area contributed by atoms with Gasteiger partial charge in [0.15, 0.2) is 0 Å². The Balaban J connectivity index is 2.52. The van der Waals surface area contributed by atoms with Crippen molar-refractivity contribution in [2.45, 2.75) is 32.7 Å². The molecule has 0 aliphatic carbocycles. The van der Waals surface area contributed by atoms with Crippen LogP contribution >= 0.6 is 0 Å². The third-order valence-electron chi connectivity index (χ3n) is 2.82. The van der Waals surface area contributed by atoms with Crippen LogP contribution in [-0.4, -0.2) is 25.3 Å². The molecule has 2 nitrogen and oxygen atoms in total. The van der Waals surface area contributed by atoms with E-state index in [1.54, 1.807) is 0 Å². The van der Waals surface area contributed by atoms with Crippen LogP contribution in [0.2, 0.25) is 0 Å². The van der Waals surface area contributed by atoms with Crippen molar-refractivity contribution in [1.29, 1.82) is 0 Å². The van der Waals surface area contributed by atoms with Gasteiger partial charge in [0.25, 0.3) is 0 Å². The van der Waals surface area contributed by atoms with Crippen molar-refractivity contribution in [2.24, 2.45) is 5.92 Å². The second-order valence-electron chi connectivity index (χ2n) is 3.86. The summed E-state index contributed by atoms with van der Waals surface area (Å²) in [4.78, 5) is 0. The van der Waals surface area contributed by atoms with Crippen molar-refractivity contribution in [3.63, 3.8) is 0 Å².